The van der Waals surface area contributed by atoms with E-state index in [0.29, 0.717) is 0 Å². The highest BCUT2D eigenvalue weighted by Crippen LogP contribution is 2.34. The van der Waals surface area contributed by atoms with E-state index in [1.54, 1.807) is 0 Å². The first-order valence-corrected chi connectivity index (χ1v) is 9.57. The van der Waals surface area contributed by atoms with E-state index in [1.807, 2.05) is 0 Å². The smallest absolute Gasteiger partial charge is 0.213 e. The van der Waals surface area contributed by atoms with Gasteiger partial charge in [-0.2, -0.15) is 4.98 Å². The fraction of sp³-hybridized carbons (Fsp3) is 0.500. The molecule has 0 bridgehead atoms. The highest BCUT2D eigenvalue weighted by atomic mass is 16.5. The fourth-order valence-electron chi connectivity index (χ4n) is 3.86. The Hall–Kier alpha value is -2.34. The van der Waals surface area contributed by atoms with E-state index in [-0.39, 0.29) is 6.10 Å². The normalized spacial score (nSPS) is 19.2. The van der Waals surface area contributed by atoms with E-state index >= 15 is 0 Å². The third-order valence-corrected chi connectivity index (χ3v) is 5.53. The summed E-state index contributed by atoms with van der Waals surface area (Å²) in [5.74, 6) is 2.65. The van der Waals surface area contributed by atoms with E-state index < -0.39 is 0 Å². The van der Waals surface area contributed by atoms with Gasteiger partial charge in [0.1, 0.15) is 11.9 Å². The van der Waals surface area contributed by atoms with Crippen molar-refractivity contribution in [3.8, 4) is 5.75 Å². The van der Waals surface area contributed by atoms with Crippen molar-refractivity contribution in [2.45, 2.75) is 44.9 Å². The number of rotatable bonds is 6. The number of fused-ring (bicyclic) bond motifs is 1. The van der Waals surface area contributed by atoms with Gasteiger partial charge in [-0.25, -0.2) is 0 Å². The number of benzene rings is 1. The molecule has 6 heteroatoms. The summed E-state index contributed by atoms with van der Waals surface area (Å²) in [6.45, 7) is 3.89. The van der Waals surface area contributed by atoms with Gasteiger partial charge >= 0.3 is 0 Å². The van der Waals surface area contributed by atoms with Gasteiger partial charge in [-0.3, -0.25) is 4.90 Å². The minimum atomic E-state index is 0.272. The van der Waals surface area contributed by atoms with Gasteiger partial charge in [0.05, 0.1) is 12.1 Å². The lowest BCUT2D eigenvalue weighted by molar-refractivity contribution is 0.0960. The maximum absolute atomic E-state index is 6.40. The van der Waals surface area contributed by atoms with Crippen LogP contribution in [0.5, 0.6) is 5.75 Å². The number of piperidine rings is 1. The first kappa shape index (κ1) is 15.9. The van der Waals surface area contributed by atoms with Gasteiger partial charge in [0, 0.05) is 31.2 Å². The molecule has 2 aliphatic rings. The number of nitrogens with zero attached hydrogens (tertiary/aromatic N) is 4. The quantitative estimate of drug-likeness (QED) is 0.680. The van der Waals surface area contributed by atoms with Crippen molar-refractivity contribution in [1.29, 1.82) is 0 Å². The van der Waals surface area contributed by atoms with Gasteiger partial charge in [0.2, 0.25) is 6.39 Å². The van der Waals surface area contributed by atoms with Gasteiger partial charge < -0.3 is 13.8 Å². The third kappa shape index (κ3) is 3.33. The fourth-order valence-corrected chi connectivity index (χ4v) is 3.86. The molecule has 1 aromatic carbocycles. The summed E-state index contributed by atoms with van der Waals surface area (Å²) in [7, 11) is 0. The van der Waals surface area contributed by atoms with Crippen molar-refractivity contribution in [2.24, 2.45) is 5.92 Å². The Kier molecular flexibility index (Phi) is 4.13. The molecule has 0 atom stereocenters. The van der Waals surface area contributed by atoms with Crippen LogP contribution in [0.4, 0.5) is 0 Å². The van der Waals surface area contributed by atoms with Crippen LogP contribution in [0.2, 0.25) is 0 Å². The molecular formula is C20H24N4O2. The van der Waals surface area contributed by atoms with Gasteiger partial charge in [0.25, 0.3) is 0 Å². The van der Waals surface area contributed by atoms with E-state index in [0.717, 1.165) is 56.5 Å². The van der Waals surface area contributed by atoms with Gasteiger partial charge in [0.15, 0.2) is 5.82 Å². The van der Waals surface area contributed by atoms with E-state index in [1.165, 1.54) is 30.1 Å². The van der Waals surface area contributed by atoms with Gasteiger partial charge in [-0.15, -0.1) is 0 Å². The summed E-state index contributed by atoms with van der Waals surface area (Å²) in [5.41, 5.74) is 1.30. The van der Waals surface area contributed by atoms with Crippen LogP contribution in [0, 0.1) is 5.92 Å². The zero-order valence-corrected chi connectivity index (χ0v) is 14.9. The Balaban J connectivity index is 1.23. The molecule has 1 saturated heterocycles. The summed E-state index contributed by atoms with van der Waals surface area (Å²) < 4.78 is 13.6. The molecule has 26 heavy (non-hydrogen) atoms. The first-order chi connectivity index (χ1) is 12.8. The SMILES string of the molecule is c1cc(OC2CCN(Cc3ncon3)CC2)c2ccn(CC3CC3)c2c1. The summed E-state index contributed by atoms with van der Waals surface area (Å²) in [6, 6.07) is 8.64. The van der Waals surface area contributed by atoms with Crippen molar-refractivity contribution in [3.05, 3.63) is 42.7 Å². The second-order valence-corrected chi connectivity index (χ2v) is 7.54. The number of hydrogen-bond acceptors (Lipinski definition) is 5. The predicted octanol–water partition coefficient (Wildman–Crippen LogP) is 3.48. The Bertz CT molecular complexity index is 861. The predicted molar refractivity (Wildman–Crippen MR) is 97.9 cm³/mol. The average molecular weight is 352 g/mol. The maximum Gasteiger partial charge on any atom is 0.213 e. The van der Waals surface area contributed by atoms with Crippen LogP contribution in [-0.2, 0) is 13.1 Å². The minimum Gasteiger partial charge on any atom is -0.490 e. The summed E-state index contributed by atoms with van der Waals surface area (Å²) in [5, 5.41) is 5.14. The molecule has 5 rings (SSSR count). The molecule has 0 spiro atoms. The van der Waals surface area contributed by atoms with Crippen LogP contribution < -0.4 is 4.74 Å². The van der Waals surface area contributed by atoms with E-state index in [9.17, 15) is 0 Å². The van der Waals surface area contributed by atoms with Crippen LogP contribution in [0.15, 0.2) is 41.4 Å². The highest BCUT2D eigenvalue weighted by Gasteiger charge is 2.24. The largest absolute Gasteiger partial charge is 0.490 e. The molecule has 1 aliphatic heterocycles. The molecule has 136 valence electrons. The maximum atomic E-state index is 6.40. The summed E-state index contributed by atoms with van der Waals surface area (Å²) in [4.78, 5) is 6.46. The summed E-state index contributed by atoms with van der Waals surface area (Å²) in [6.07, 6.45) is 8.67. The molecule has 0 amide bonds. The van der Waals surface area contributed by atoms with Crippen LogP contribution in [-0.4, -0.2) is 38.8 Å². The molecule has 1 saturated carbocycles. The van der Waals surface area contributed by atoms with Crippen molar-refractivity contribution < 1.29 is 9.26 Å². The number of aromatic nitrogens is 3. The van der Waals surface area contributed by atoms with Crippen molar-refractivity contribution in [1.82, 2.24) is 19.6 Å². The topological polar surface area (TPSA) is 56.3 Å². The van der Waals surface area contributed by atoms with Crippen molar-refractivity contribution >= 4 is 10.9 Å². The Morgan fingerprint density at radius 1 is 1.12 bits per heavy atom. The number of likely N-dealkylation sites (tertiary alicyclic amines) is 1. The van der Waals surface area contributed by atoms with Crippen LogP contribution in [0.3, 0.4) is 0 Å². The van der Waals surface area contributed by atoms with Gasteiger partial charge in [-0.1, -0.05) is 11.2 Å². The van der Waals surface area contributed by atoms with Crippen LogP contribution in [0.1, 0.15) is 31.5 Å². The molecule has 2 aromatic heterocycles. The zero-order valence-electron chi connectivity index (χ0n) is 14.9. The second-order valence-electron chi connectivity index (χ2n) is 7.54. The van der Waals surface area contributed by atoms with Crippen LogP contribution >= 0.6 is 0 Å². The lowest BCUT2D eigenvalue weighted by Gasteiger charge is -2.31. The van der Waals surface area contributed by atoms with Crippen molar-refractivity contribution in [2.75, 3.05) is 13.1 Å². The number of ether oxygens (including phenoxy) is 1. The average Bonchev–Trinajstić information content (AvgIpc) is 3.15. The number of hydrogen-bond donors (Lipinski definition) is 0. The second kappa shape index (κ2) is 6.76. The Labute approximate surface area is 152 Å². The lowest BCUT2D eigenvalue weighted by atomic mass is 10.1. The molecule has 1 aliphatic carbocycles. The molecule has 6 nitrogen and oxygen atoms in total. The highest BCUT2D eigenvalue weighted by molar-refractivity contribution is 5.86. The van der Waals surface area contributed by atoms with Crippen LogP contribution in [0.25, 0.3) is 10.9 Å². The first-order valence-electron chi connectivity index (χ1n) is 9.57. The third-order valence-electron chi connectivity index (χ3n) is 5.53. The van der Waals surface area contributed by atoms with E-state index in [4.69, 9.17) is 9.26 Å². The monoisotopic (exact) mass is 352 g/mol. The molecule has 3 aromatic rings. The summed E-state index contributed by atoms with van der Waals surface area (Å²) >= 11 is 0. The zero-order chi connectivity index (χ0) is 17.3. The molecule has 0 unspecified atom stereocenters. The molecule has 2 fully saturated rings. The Morgan fingerprint density at radius 3 is 2.77 bits per heavy atom. The Morgan fingerprint density at radius 2 is 2.00 bits per heavy atom. The van der Waals surface area contributed by atoms with E-state index in [2.05, 4.69) is 50.1 Å². The molecule has 0 N–H and O–H groups in total. The molecular weight excluding hydrogens is 328 g/mol. The van der Waals surface area contributed by atoms with Crippen molar-refractivity contribution in [3.63, 3.8) is 0 Å². The minimum absolute atomic E-state index is 0.272. The standard InChI is InChI=1S/C20H24N4O2/c1-2-18-17(8-11-24(18)12-15-4-5-15)19(3-1)26-16-6-9-23(10-7-16)13-20-21-14-25-22-20/h1-3,8,11,14-16H,4-7,9-10,12-13H2. The molecule has 0 radical (unpaired) electrons. The van der Waals surface area contributed by atoms with Gasteiger partial charge in [-0.05, 0) is 49.8 Å². The lowest BCUT2D eigenvalue weighted by Crippen LogP contribution is -2.38. The molecule has 3 heterocycles.